The Bertz CT molecular complexity index is 467. The molecule has 0 bridgehead atoms. The van der Waals surface area contributed by atoms with Gasteiger partial charge in [0.1, 0.15) is 5.76 Å². The van der Waals surface area contributed by atoms with Crippen LogP contribution in [0.15, 0.2) is 10.6 Å². The Morgan fingerprint density at radius 1 is 1.43 bits per heavy atom. The minimum atomic E-state index is -0.312. The van der Waals surface area contributed by atoms with Crippen molar-refractivity contribution in [3.8, 4) is 0 Å². The molecule has 2 heterocycles. The van der Waals surface area contributed by atoms with Crippen molar-refractivity contribution in [2.45, 2.75) is 32.9 Å². The molecule has 0 spiro atoms. The average molecular weight is 296 g/mol. The van der Waals surface area contributed by atoms with Crippen LogP contribution in [0.1, 0.15) is 19.6 Å². The van der Waals surface area contributed by atoms with Crippen LogP contribution in [0.3, 0.4) is 0 Å². The van der Waals surface area contributed by atoms with Gasteiger partial charge in [-0.15, -0.1) is 0 Å². The molecule has 1 aliphatic rings. The molecule has 0 saturated carbocycles. The summed E-state index contributed by atoms with van der Waals surface area (Å²) < 4.78 is 4.93. The van der Waals surface area contributed by atoms with E-state index in [-0.39, 0.29) is 18.1 Å². The van der Waals surface area contributed by atoms with Gasteiger partial charge >= 0.3 is 0 Å². The summed E-state index contributed by atoms with van der Waals surface area (Å²) in [6.45, 7) is 9.53. The van der Waals surface area contributed by atoms with Gasteiger partial charge in [0.2, 0.25) is 5.91 Å². The number of carbonyl (C=O) groups is 1. The number of aliphatic hydroxyl groups is 1. The normalized spacial score (nSPS) is 20.2. The number of anilines is 1. The van der Waals surface area contributed by atoms with E-state index in [0.29, 0.717) is 18.1 Å². The molecule has 1 fully saturated rings. The van der Waals surface area contributed by atoms with Crippen molar-refractivity contribution in [1.29, 1.82) is 0 Å². The van der Waals surface area contributed by atoms with Crippen molar-refractivity contribution in [3.05, 3.63) is 11.8 Å². The topological polar surface area (TPSA) is 81.8 Å². The molecule has 0 unspecified atom stereocenters. The average Bonchev–Trinajstić information content (AvgIpc) is 2.83. The van der Waals surface area contributed by atoms with E-state index >= 15 is 0 Å². The van der Waals surface area contributed by atoms with Crippen LogP contribution in [-0.2, 0) is 4.79 Å². The maximum atomic E-state index is 12.2. The van der Waals surface area contributed by atoms with Crippen LogP contribution >= 0.6 is 0 Å². The zero-order valence-corrected chi connectivity index (χ0v) is 12.9. The van der Waals surface area contributed by atoms with Crippen LogP contribution in [0.25, 0.3) is 0 Å². The number of piperazine rings is 1. The first-order valence-electron chi connectivity index (χ1n) is 7.34. The number of rotatable bonds is 5. The molecule has 0 aliphatic carbocycles. The van der Waals surface area contributed by atoms with Crippen LogP contribution in [0.4, 0.5) is 5.82 Å². The summed E-state index contributed by atoms with van der Waals surface area (Å²) in [5, 5.41) is 15.9. The van der Waals surface area contributed by atoms with E-state index in [1.165, 1.54) is 0 Å². The number of hydrogen-bond donors (Lipinski definition) is 2. The third-order valence-electron chi connectivity index (χ3n) is 3.74. The predicted octanol–water partition coefficient (Wildman–Crippen LogP) is 0.308. The Morgan fingerprint density at radius 3 is 2.62 bits per heavy atom. The summed E-state index contributed by atoms with van der Waals surface area (Å²) in [4.78, 5) is 16.5. The molecule has 7 heteroatoms. The summed E-state index contributed by atoms with van der Waals surface area (Å²) in [6.07, 6.45) is -0.312. The van der Waals surface area contributed by atoms with Crippen LogP contribution < -0.4 is 5.32 Å². The molecule has 1 aliphatic heterocycles. The lowest BCUT2D eigenvalue weighted by Crippen LogP contribution is -2.53. The van der Waals surface area contributed by atoms with Gasteiger partial charge in [0.05, 0.1) is 12.1 Å². The highest BCUT2D eigenvalue weighted by Gasteiger charge is 2.26. The monoisotopic (exact) mass is 296 g/mol. The Kier molecular flexibility index (Phi) is 5.33. The molecule has 0 aromatic carbocycles. The smallest absolute Gasteiger partial charge is 0.242 e. The quantitative estimate of drug-likeness (QED) is 0.814. The predicted molar refractivity (Wildman–Crippen MR) is 79.0 cm³/mol. The molecule has 2 rings (SSSR count). The van der Waals surface area contributed by atoms with Crippen LogP contribution in [0.2, 0.25) is 0 Å². The highest BCUT2D eigenvalue weighted by molar-refractivity contribution is 5.93. The number of nitrogens with one attached hydrogen (secondary N) is 1. The number of hydrogen-bond acceptors (Lipinski definition) is 6. The fourth-order valence-electron chi connectivity index (χ4n) is 2.53. The molecule has 21 heavy (non-hydrogen) atoms. The number of aromatic nitrogens is 1. The van der Waals surface area contributed by atoms with Crippen molar-refractivity contribution in [2.24, 2.45) is 0 Å². The summed E-state index contributed by atoms with van der Waals surface area (Å²) in [5.41, 5.74) is 0. The molecule has 1 saturated heterocycles. The van der Waals surface area contributed by atoms with E-state index in [0.717, 1.165) is 26.2 Å². The number of aliphatic hydroxyl groups excluding tert-OH is 1. The molecule has 1 amide bonds. The highest BCUT2D eigenvalue weighted by Crippen LogP contribution is 2.11. The van der Waals surface area contributed by atoms with Crippen LogP contribution in [0.5, 0.6) is 0 Å². The van der Waals surface area contributed by atoms with Gasteiger partial charge in [-0.05, 0) is 20.8 Å². The van der Waals surface area contributed by atoms with Crippen LogP contribution in [-0.4, -0.2) is 70.8 Å². The molecular weight excluding hydrogens is 272 g/mol. The maximum Gasteiger partial charge on any atom is 0.242 e. The first-order chi connectivity index (χ1) is 9.95. The van der Waals surface area contributed by atoms with Gasteiger partial charge < -0.3 is 14.9 Å². The van der Waals surface area contributed by atoms with Crippen molar-refractivity contribution in [1.82, 2.24) is 15.0 Å². The largest absolute Gasteiger partial charge is 0.392 e. The Balaban J connectivity index is 1.81. The summed E-state index contributed by atoms with van der Waals surface area (Å²) in [5.74, 6) is 1.05. The molecule has 118 valence electrons. The fourth-order valence-corrected chi connectivity index (χ4v) is 2.53. The Hall–Kier alpha value is -1.44. The van der Waals surface area contributed by atoms with Gasteiger partial charge in [-0.2, -0.15) is 0 Å². The molecule has 0 radical (unpaired) electrons. The lowest BCUT2D eigenvalue weighted by atomic mass is 10.2. The number of nitrogens with zero attached hydrogens (tertiary/aromatic N) is 3. The highest BCUT2D eigenvalue weighted by atomic mass is 16.5. The van der Waals surface area contributed by atoms with Crippen molar-refractivity contribution < 1.29 is 14.4 Å². The minimum Gasteiger partial charge on any atom is -0.392 e. The van der Waals surface area contributed by atoms with Crippen molar-refractivity contribution in [3.63, 3.8) is 0 Å². The van der Waals surface area contributed by atoms with E-state index in [1.54, 1.807) is 19.9 Å². The van der Waals surface area contributed by atoms with E-state index in [1.807, 2.05) is 6.92 Å². The second-order valence-electron chi connectivity index (χ2n) is 5.67. The third-order valence-corrected chi connectivity index (χ3v) is 3.74. The van der Waals surface area contributed by atoms with Gasteiger partial charge in [-0.1, -0.05) is 5.16 Å². The van der Waals surface area contributed by atoms with E-state index in [2.05, 4.69) is 20.3 Å². The van der Waals surface area contributed by atoms with E-state index < -0.39 is 0 Å². The SMILES string of the molecule is Cc1cc(NC(=O)[C@H](C)N2CCN(C[C@@H](C)O)CC2)no1. The molecule has 1 aromatic rings. The Labute approximate surface area is 124 Å². The number of β-amino-alcohol motifs (C(OH)–C–C–N with tert-alkyl or cyclic N) is 1. The lowest BCUT2D eigenvalue weighted by molar-refractivity contribution is -0.121. The van der Waals surface area contributed by atoms with Gasteiger partial charge in [0.15, 0.2) is 5.82 Å². The third kappa shape index (κ3) is 4.52. The summed E-state index contributed by atoms with van der Waals surface area (Å²) in [6, 6.07) is 1.49. The van der Waals surface area contributed by atoms with Crippen molar-refractivity contribution in [2.75, 3.05) is 38.0 Å². The minimum absolute atomic E-state index is 0.0766. The standard InChI is InChI=1S/C14H24N4O3/c1-10(19)9-17-4-6-18(7-5-17)12(3)14(20)15-13-8-11(2)21-16-13/h8,10,12,19H,4-7,9H2,1-3H3,(H,15,16,20)/t10-,12+/m1/s1. The van der Waals surface area contributed by atoms with E-state index in [4.69, 9.17) is 4.52 Å². The van der Waals surface area contributed by atoms with Crippen LogP contribution in [0, 0.1) is 6.92 Å². The summed E-state index contributed by atoms with van der Waals surface area (Å²) >= 11 is 0. The molecule has 1 aromatic heterocycles. The zero-order valence-electron chi connectivity index (χ0n) is 12.9. The van der Waals surface area contributed by atoms with Gasteiger partial charge in [-0.25, -0.2) is 0 Å². The fraction of sp³-hybridized carbons (Fsp3) is 0.714. The Morgan fingerprint density at radius 2 is 2.10 bits per heavy atom. The first kappa shape index (κ1) is 15.9. The number of aryl methyl sites for hydroxylation is 1. The molecule has 2 atom stereocenters. The first-order valence-corrected chi connectivity index (χ1v) is 7.34. The molecule has 7 nitrogen and oxygen atoms in total. The number of carbonyl (C=O) groups excluding carboxylic acids is 1. The number of amides is 1. The summed E-state index contributed by atoms with van der Waals surface area (Å²) in [7, 11) is 0. The van der Waals surface area contributed by atoms with E-state index in [9.17, 15) is 9.90 Å². The second kappa shape index (κ2) is 7.02. The van der Waals surface area contributed by atoms with Crippen molar-refractivity contribution >= 4 is 11.7 Å². The van der Waals surface area contributed by atoms with Gasteiger partial charge in [0, 0.05) is 38.8 Å². The van der Waals surface area contributed by atoms with Gasteiger partial charge in [0.25, 0.3) is 0 Å². The zero-order chi connectivity index (χ0) is 15.4. The second-order valence-corrected chi connectivity index (χ2v) is 5.67. The molecule has 2 N–H and O–H groups in total. The van der Waals surface area contributed by atoms with Gasteiger partial charge in [-0.3, -0.25) is 14.6 Å². The lowest BCUT2D eigenvalue weighted by Gasteiger charge is -2.37. The molecular formula is C14H24N4O3. The maximum absolute atomic E-state index is 12.2.